The number of hydrogen-bond donors (Lipinski definition) is 0. The molecule has 2 heterocycles. The van der Waals surface area contributed by atoms with Gasteiger partial charge in [0.05, 0.1) is 41.0 Å². The molecule has 1 saturated heterocycles. The lowest BCUT2D eigenvalue weighted by Gasteiger charge is -2.39. The van der Waals surface area contributed by atoms with Gasteiger partial charge in [-0.25, -0.2) is 9.00 Å². The summed E-state index contributed by atoms with van der Waals surface area (Å²) in [4.78, 5) is 27.7. The van der Waals surface area contributed by atoms with E-state index in [-0.39, 0.29) is 35.1 Å². The van der Waals surface area contributed by atoms with Crippen LogP contribution in [0.1, 0.15) is 70.9 Å². The molecule has 0 saturated carbocycles. The molecule has 216 valence electrons. The van der Waals surface area contributed by atoms with Gasteiger partial charge in [0.1, 0.15) is 17.6 Å². The van der Waals surface area contributed by atoms with Crippen LogP contribution in [0.25, 0.3) is 0 Å². The van der Waals surface area contributed by atoms with Crippen molar-refractivity contribution in [2.45, 2.75) is 96.7 Å². The van der Waals surface area contributed by atoms with Gasteiger partial charge >= 0.3 is 5.69 Å². The van der Waals surface area contributed by atoms with E-state index in [0.29, 0.717) is 18.4 Å². The van der Waals surface area contributed by atoms with Crippen molar-refractivity contribution in [1.29, 1.82) is 0 Å². The zero-order valence-electron chi connectivity index (χ0n) is 23.2. The monoisotopic (exact) mass is 582 g/mol. The predicted molar refractivity (Wildman–Crippen MR) is 145 cm³/mol. The van der Waals surface area contributed by atoms with Crippen molar-refractivity contribution in [2.24, 2.45) is 0 Å². The molecule has 0 bridgehead atoms. The molecule has 0 radical (unpaired) electrons. The lowest BCUT2D eigenvalue weighted by Crippen LogP contribution is -2.45. The quantitative estimate of drug-likeness (QED) is 0.158. The molecule has 3 rings (SSSR count). The molecule has 0 N–H and O–H groups in total. The van der Waals surface area contributed by atoms with E-state index in [0.717, 1.165) is 0 Å². The second-order valence-corrected chi connectivity index (χ2v) is 16.3. The molecule has 14 heteroatoms. The number of ether oxygens (including phenoxy) is 2. The molecule has 1 aliphatic heterocycles. The van der Waals surface area contributed by atoms with Crippen LogP contribution < -0.4 is 9.87 Å². The molecule has 5 atom stereocenters. The van der Waals surface area contributed by atoms with Gasteiger partial charge in [-0.05, 0) is 37.5 Å². The minimum atomic E-state index is -2.99. The first-order chi connectivity index (χ1) is 18.1. The van der Waals surface area contributed by atoms with E-state index in [1.807, 2.05) is 6.92 Å². The van der Waals surface area contributed by atoms with Crippen molar-refractivity contribution in [3.8, 4) is 5.88 Å². The van der Waals surface area contributed by atoms with Gasteiger partial charge < -0.3 is 22.6 Å². The topological polar surface area (TPSA) is 155 Å². The largest absolute Gasteiger partial charge is 0.740 e. The van der Waals surface area contributed by atoms with Crippen molar-refractivity contribution in [3.05, 3.63) is 62.2 Å². The molecule has 1 aliphatic rings. The van der Waals surface area contributed by atoms with Crippen LogP contribution in [0.3, 0.4) is 0 Å². The Morgan fingerprint density at radius 1 is 1.31 bits per heavy atom. The van der Waals surface area contributed by atoms with Crippen LogP contribution in [0, 0.1) is 10.1 Å². The predicted octanol–water partition coefficient (Wildman–Crippen LogP) is 4.69. The van der Waals surface area contributed by atoms with Gasteiger partial charge in [0.25, 0.3) is 5.69 Å². The molecule has 0 spiro atoms. The summed E-state index contributed by atoms with van der Waals surface area (Å²) in [5.74, 6) is -0.432. The minimum absolute atomic E-state index is 0.0102. The summed E-state index contributed by atoms with van der Waals surface area (Å²) >= 11 is -2.99. The van der Waals surface area contributed by atoms with Crippen molar-refractivity contribution in [1.82, 2.24) is 9.55 Å². The Balaban J connectivity index is 1.89. The van der Waals surface area contributed by atoms with Crippen LogP contribution in [-0.2, 0) is 31.9 Å². The standard InChI is InChI=1S/C25H37N3O9SSi/c1-8-20-21(37-39(6,7)25(3,4)5)13-22(35-20)27-14-17(23(26-24(27)29)36-38(32)33)15-34-16(2)18-11-9-10-12-19(18)28(30)31/h9-12,14,16,20-22H,8,13,15H2,1-7H3,(H,32,33)/p-1/t16?,20-,21-,22-/m1/s1. The number of aromatic nitrogens is 2. The van der Waals surface area contributed by atoms with E-state index in [9.17, 15) is 23.7 Å². The summed E-state index contributed by atoms with van der Waals surface area (Å²) in [5.41, 5.74) is -0.356. The van der Waals surface area contributed by atoms with Crippen LogP contribution in [-0.4, -0.2) is 43.8 Å². The molecule has 0 aliphatic carbocycles. The lowest BCUT2D eigenvalue weighted by atomic mass is 10.1. The number of para-hydroxylation sites is 1. The Kier molecular flexibility index (Phi) is 9.83. The molecule has 2 aromatic rings. The molecule has 0 amide bonds. The number of nitrogens with zero attached hydrogens (tertiary/aromatic N) is 3. The van der Waals surface area contributed by atoms with Crippen molar-refractivity contribution >= 4 is 25.4 Å². The van der Waals surface area contributed by atoms with Gasteiger partial charge in [-0.2, -0.15) is 4.98 Å². The third-order valence-corrected chi connectivity index (χ3v) is 12.1. The van der Waals surface area contributed by atoms with E-state index in [2.05, 4.69) is 38.8 Å². The maximum absolute atomic E-state index is 12.9. The summed E-state index contributed by atoms with van der Waals surface area (Å²) in [7, 11) is -2.12. The third-order valence-electron chi connectivity index (χ3n) is 7.34. The number of nitro groups is 1. The third kappa shape index (κ3) is 7.38. The fourth-order valence-corrected chi connectivity index (χ4v) is 5.78. The summed E-state index contributed by atoms with van der Waals surface area (Å²) in [6, 6.07) is 6.15. The van der Waals surface area contributed by atoms with Gasteiger partial charge in [-0.15, -0.1) is 0 Å². The summed E-state index contributed by atoms with van der Waals surface area (Å²) in [6.07, 6.45) is 0.603. The van der Waals surface area contributed by atoms with Gasteiger partial charge in [0.2, 0.25) is 5.88 Å². The van der Waals surface area contributed by atoms with Crippen LogP contribution in [0.5, 0.6) is 5.88 Å². The summed E-state index contributed by atoms with van der Waals surface area (Å²) in [6.45, 7) is 14.1. The fourth-order valence-electron chi connectivity index (χ4n) is 4.15. The normalized spacial score (nSPS) is 21.5. The van der Waals surface area contributed by atoms with Crippen LogP contribution in [0.4, 0.5) is 5.69 Å². The molecular formula is C25H36N3O9SSi-. The highest BCUT2D eigenvalue weighted by atomic mass is 32.2. The SMILES string of the molecule is CC[C@H]1O[C@@H](n2cc(COC(C)c3ccccc3[N+](=O)[O-])c(OS(=O)[O-])nc2=O)C[C@H]1O[Si](C)(C)C(C)(C)C. The van der Waals surface area contributed by atoms with Crippen molar-refractivity contribution < 1.29 is 31.8 Å². The van der Waals surface area contributed by atoms with Gasteiger partial charge in [0.15, 0.2) is 8.32 Å². The minimum Gasteiger partial charge on any atom is -0.740 e. The van der Waals surface area contributed by atoms with E-state index < -0.39 is 48.5 Å². The van der Waals surface area contributed by atoms with Crippen molar-refractivity contribution in [2.75, 3.05) is 0 Å². The number of hydrogen-bond acceptors (Lipinski definition) is 10. The average Bonchev–Trinajstić information content (AvgIpc) is 3.23. The van der Waals surface area contributed by atoms with E-state index >= 15 is 0 Å². The second-order valence-electron chi connectivity index (χ2n) is 11.0. The van der Waals surface area contributed by atoms with E-state index in [1.54, 1.807) is 25.1 Å². The highest BCUT2D eigenvalue weighted by molar-refractivity contribution is 7.74. The second kappa shape index (κ2) is 12.4. The Hall–Kier alpha value is -2.49. The fraction of sp³-hybridized carbons (Fsp3) is 0.600. The Labute approximate surface area is 231 Å². The van der Waals surface area contributed by atoms with Gasteiger partial charge in [-0.1, -0.05) is 39.8 Å². The smallest absolute Gasteiger partial charge is 0.353 e. The van der Waals surface area contributed by atoms with Crippen LogP contribution in [0.15, 0.2) is 35.3 Å². The summed E-state index contributed by atoms with van der Waals surface area (Å²) < 4.78 is 47.2. The molecular weight excluding hydrogens is 546 g/mol. The number of benzene rings is 1. The average molecular weight is 583 g/mol. The first kappa shape index (κ1) is 31.0. The molecule has 1 aromatic carbocycles. The van der Waals surface area contributed by atoms with E-state index in [4.69, 9.17) is 18.1 Å². The lowest BCUT2D eigenvalue weighted by molar-refractivity contribution is -0.386. The first-order valence-electron chi connectivity index (χ1n) is 12.7. The van der Waals surface area contributed by atoms with Crippen LogP contribution >= 0.6 is 0 Å². The maximum Gasteiger partial charge on any atom is 0.353 e. The molecule has 12 nitrogen and oxygen atoms in total. The molecule has 39 heavy (non-hydrogen) atoms. The zero-order chi connectivity index (χ0) is 29.1. The van der Waals surface area contributed by atoms with Gasteiger partial charge in [-0.3, -0.25) is 14.7 Å². The number of rotatable bonds is 11. The zero-order valence-corrected chi connectivity index (χ0v) is 25.1. The maximum atomic E-state index is 12.9. The Bertz CT molecular complexity index is 1260. The Morgan fingerprint density at radius 2 is 1.97 bits per heavy atom. The number of nitro benzene ring substituents is 1. The van der Waals surface area contributed by atoms with Gasteiger partial charge in [0, 0.05) is 18.7 Å². The Morgan fingerprint density at radius 3 is 2.56 bits per heavy atom. The highest BCUT2D eigenvalue weighted by Gasteiger charge is 2.44. The van der Waals surface area contributed by atoms with Crippen molar-refractivity contribution in [3.63, 3.8) is 0 Å². The highest BCUT2D eigenvalue weighted by Crippen LogP contribution is 2.41. The van der Waals surface area contributed by atoms with Crippen LogP contribution in [0.2, 0.25) is 18.1 Å². The van der Waals surface area contributed by atoms with E-state index in [1.165, 1.54) is 16.8 Å². The summed E-state index contributed by atoms with van der Waals surface area (Å²) in [5, 5.41) is 11.4. The molecule has 1 fully saturated rings. The first-order valence-corrected chi connectivity index (χ1v) is 16.6. The molecule has 1 aromatic heterocycles. The molecule has 2 unspecified atom stereocenters.